The molecule has 0 aliphatic carbocycles. The summed E-state index contributed by atoms with van der Waals surface area (Å²) in [6.07, 6.45) is 2.21. The van der Waals surface area contributed by atoms with Crippen LogP contribution in [0.3, 0.4) is 0 Å². The number of methoxy groups -OCH3 is 2. The summed E-state index contributed by atoms with van der Waals surface area (Å²) in [6.45, 7) is 4.85. The van der Waals surface area contributed by atoms with Crippen molar-refractivity contribution in [2.75, 3.05) is 34.0 Å². The summed E-state index contributed by atoms with van der Waals surface area (Å²) < 4.78 is 16.4. The first-order valence-electron chi connectivity index (χ1n) is 7.33. The average Bonchev–Trinajstić information content (AvgIpc) is 3.02. The van der Waals surface area contributed by atoms with Gasteiger partial charge in [-0.25, -0.2) is 0 Å². The Morgan fingerprint density at radius 2 is 2.20 bits per heavy atom. The van der Waals surface area contributed by atoms with E-state index in [1.54, 1.807) is 14.2 Å². The van der Waals surface area contributed by atoms with Crippen molar-refractivity contribution in [3.05, 3.63) is 23.8 Å². The highest BCUT2D eigenvalue weighted by Gasteiger charge is 2.28. The van der Waals surface area contributed by atoms with Gasteiger partial charge in [-0.1, -0.05) is 13.0 Å². The van der Waals surface area contributed by atoms with Gasteiger partial charge in [0.1, 0.15) is 11.5 Å². The number of rotatable bonds is 7. The number of hydrogen-bond donors (Lipinski definition) is 1. The van der Waals surface area contributed by atoms with Gasteiger partial charge >= 0.3 is 0 Å². The fourth-order valence-electron chi connectivity index (χ4n) is 2.72. The van der Waals surface area contributed by atoms with Crippen molar-refractivity contribution < 1.29 is 14.2 Å². The van der Waals surface area contributed by atoms with E-state index in [-0.39, 0.29) is 6.04 Å². The van der Waals surface area contributed by atoms with Crippen LogP contribution >= 0.6 is 0 Å². The van der Waals surface area contributed by atoms with Crippen LogP contribution in [0.1, 0.15) is 31.4 Å². The predicted octanol–water partition coefficient (Wildman–Crippen LogP) is 2.78. The molecular weight excluding hydrogens is 254 g/mol. The lowest BCUT2D eigenvalue weighted by atomic mass is 9.91. The third kappa shape index (κ3) is 3.44. The zero-order chi connectivity index (χ0) is 14.4. The summed E-state index contributed by atoms with van der Waals surface area (Å²) in [7, 11) is 3.38. The third-order valence-corrected chi connectivity index (χ3v) is 3.83. The summed E-state index contributed by atoms with van der Waals surface area (Å²) >= 11 is 0. The largest absolute Gasteiger partial charge is 0.497 e. The maximum absolute atomic E-state index is 5.55. The smallest absolute Gasteiger partial charge is 0.127 e. The molecule has 1 aromatic carbocycles. The fourth-order valence-corrected chi connectivity index (χ4v) is 2.72. The topological polar surface area (TPSA) is 39.7 Å². The van der Waals surface area contributed by atoms with Crippen LogP contribution in [0.25, 0.3) is 0 Å². The van der Waals surface area contributed by atoms with Crippen molar-refractivity contribution in [3.8, 4) is 11.5 Å². The van der Waals surface area contributed by atoms with E-state index in [9.17, 15) is 0 Å². The average molecular weight is 279 g/mol. The molecule has 1 aliphatic heterocycles. The standard InChI is InChI=1S/C16H25NO3/c1-4-8-17-16(12-7-9-20-11-12)14-6-5-13(18-2)10-15(14)19-3/h5-6,10,12,16-17H,4,7-9,11H2,1-3H3. The molecule has 4 heteroatoms. The highest BCUT2D eigenvalue weighted by molar-refractivity contribution is 5.42. The molecule has 1 N–H and O–H groups in total. The Hall–Kier alpha value is -1.26. The molecule has 0 spiro atoms. The van der Waals surface area contributed by atoms with Crippen molar-refractivity contribution in [1.29, 1.82) is 0 Å². The quantitative estimate of drug-likeness (QED) is 0.833. The van der Waals surface area contributed by atoms with E-state index >= 15 is 0 Å². The molecule has 2 atom stereocenters. The van der Waals surface area contributed by atoms with Crippen molar-refractivity contribution in [2.45, 2.75) is 25.8 Å². The van der Waals surface area contributed by atoms with Gasteiger partial charge in [-0.2, -0.15) is 0 Å². The van der Waals surface area contributed by atoms with Crippen LogP contribution in [-0.2, 0) is 4.74 Å². The molecule has 112 valence electrons. The van der Waals surface area contributed by atoms with Crippen LogP contribution in [0.4, 0.5) is 0 Å². The van der Waals surface area contributed by atoms with Crippen LogP contribution in [-0.4, -0.2) is 34.0 Å². The molecule has 2 rings (SSSR count). The Morgan fingerprint density at radius 1 is 1.35 bits per heavy atom. The van der Waals surface area contributed by atoms with Crippen molar-refractivity contribution in [2.24, 2.45) is 5.92 Å². The fraction of sp³-hybridized carbons (Fsp3) is 0.625. The molecule has 1 fully saturated rings. The van der Waals surface area contributed by atoms with Gasteiger partial charge in [0.2, 0.25) is 0 Å². The SMILES string of the molecule is CCCNC(c1ccc(OC)cc1OC)C1CCOC1. The lowest BCUT2D eigenvalue weighted by Crippen LogP contribution is -2.29. The molecule has 0 radical (unpaired) electrons. The normalized spacial score (nSPS) is 19.9. The monoisotopic (exact) mass is 279 g/mol. The molecule has 2 unspecified atom stereocenters. The van der Waals surface area contributed by atoms with Gasteiger partial charge in [0.25, 0.3) is 0 Å². The molecule has 20 heavy (non-hydrogen) atoms. The van der Waals surface area contributed by atoms with Crippen LogP contribution in [0, 0.1) is 5.92 Å². The zero-order valence-electron chi connectivity index (χ0n) is 12.6. The number of ether oxygens (including phenoxy) is 3. The van der Waals surface area contributed by atoms with Crippen LogP contribution in [0.15, 0.2) is 18.2 Å². The Bertz CT molecular complexity index is 416. The van der Waals surface area contributed by atoms with Crippen molar-refractivity contribution in [1.82, 2.24) is 5.32 Å². The minimum absolute atomic E-state index is 0.276. The van der Waals surface area contributed by atoms with E-state index in [4.69, 9.17) is 14.2 Å². The first-order chi connectivity index (χ1) is 9.80. The lowest BCUT2D eigenvalue weighted by molar-refractivity contribution is 0.176. The summed E-state index contributed by atoms with van der Waals surface area (Å²) in [6, 6.07) is 6.32. The van der Waals surface area contributed by atoms with Gasteiger partial charge in [0.15, 0.2) is 0 Å². The van der Waals surface area contributed by atoms with E-state index in [1.807, 2.05) is 12.1 Å². The molecule has 1 aromatic rings. The van der Waals surface area contributed by atoms with Crippen LogP contribution < -0.4 is 14.8 Å². The Labute approximate surface area is 121 Å². The minimum Gasteiger partial charge on any atom is -0.497 e. The second-order valence-electron chi connectivity index (χ2n) is 5.16. The summed E-state index contributed by atoms with van der Waals surface area (Å²) in [5.74, 6) is 2.20. The molecule has 0 aromatic heterocycles. The molecule has 0 bridgehead atoms. The Balaban J connectivity index is 2.26. The van der Waals surface area contributed by atoms with Crippen LogP contribution in [0.5, 0.6) is 11.5 Å². The molecular formula is C16H25NO3. The van der Waals surface area contributed by atoms with E-state index in [1.165, 1.54) is 5.56 Å². The predicted molar refractivity (Wildman–Crippen MR) is 79.5 cm³/mol. The first kappa shape index (κ1) is 15.1. The van der Waals surface area contributed by atoms with E-state index < -0.39 is 0 Å². The molecule has 0 amide bonds. The number of benzene rings is 1. The minimum atomic E-state index is 0.276. The van der Waals surface area contributed by atoms with Gasteiger partial charge in [-0.3, -0.25) is 0 Å². The van der Waals surface area contributed by atoms with E-state index in [0.717, 1.165) is 44.1 Å². The molecule has 0 saturated carbocycles. The summed E-state index contributed by atoms with van der Waals surface area (Å²) in [4.78, 5) is 0. The second kappa shape index (κ2) is 7.50. The highest BCUT2D eigenvalue weighted by atomic mass is 16.5. The van der Waals surface area contributed by atoms with E-state index in [2.05, 4.69) is 18.3 Å². The Kier molecular flexibility index (Phi) is 5.68. The van der Waals surface area contributed by atoms with E-state index in [0.29, 0.717) is 5.92 Å². The third-order valence-electron chi connectivity index (χ3n) is 3.83. The highest BCUT2D eigenvalue weighted by Crippen LogP contribution is 2.36. The molecule has 1 aliphatic rings. The first-order valence-corrected chi connectivity index (χ1v) is 7.33. The molecule has 1 heterocycles. The summed E-state index contributed by atoms with van der Waals surface area (Å²) in [5, 5.41) is 3.64. The molecule has 1 saturated heterocycles. The van der Waals surface area contributed by atoms with Crippen molar-refractivity contribution >= 4 is 0 Å². The van der Waals surface area contributed by atoms with Gasteiger partial charge in [-0.15, -0.1) is 0 Å². The van der Waals surface area contributed by atoms with Crippen molar-refractivity contribution in [3.63, 3.8) is 0 Å². The van der Waals surface area contributed by atoms with Gasteiger partial charge in [0, 0.05) is 30.2 Å². The lowest BCUT2D eigenvalue weighted by Gasteiger charge is -2.26. The number of hydrogen-bond acceptors (Lipinski definition) is 4. The zero-order valence-corrected chi connectivity index (χ0v) is 12.6. The van der Waals surface area contributed by atoms with Crippen LogP contribution in [0.2, 0.25) is 0 Å². The van der Waals surface area contributed by atoms with Gasteiger partial charge < -0.3 is 19.5 Å². The summed E-state index contributed by atoms with van der Waals surface area (Å²) in [5.41, 5.74) is 1.19. The second-order valence-corrected chi connectivity index (χ2v) is 5.16. The van der Waals surface area contributed by atoms with Gasteiger partial charge in [-0.05, 0) is 25.5 Å². The maximum atomic E-state index is 5.55. The Morgan fingerprint density at radius 3 is 2.80 bits per heavy atom. The number of nitrogens with one attached hydrogen (secondary N) is 1. The van der Waals surface area contributed by atoms with Gasteiger partial charge in [0.05, 0.1) is 20.8 Å². The maximum Gasteiger partial charge on any atom is 0.127 e. The molecule has 4 nitrogen and oxygen atoms in total.